The van der Waals surface area contributed by atoms with Crippen LogP contribution in [0.1, 0.15) is 47.5 Å². The lowest BCUT2D eigenvalue weighted by Gasteiger charge is -2.31. The molecule has 48 heteroatoms. The summed E-state index contributed by atoms with van der Waals surface area (Å²) in [6.45, 7) is -1.82. The molecular weight excluding hydrogens is 1300 g/mol. The number of carbonyl (C=O) groups excluding carboxylic acids is 1. The predicted molar refractivity (Wildman–Crippen MR) is 273 cm³/mol. The maximum absolute atomic E-state index is 13.1. The average molecular weight is 1350 g/mol. The number of nitrogen functional groups attached to an aromatic ring is 2. The maximum Gasteiger partial charge on any atom is 0.313 e. The van der Waals surface area contributed by atoms with Gasteiger partial charge in [-0.2, -0.15) is 4.98 Å². The number of anilines is 2. The highest BCUT2D eigenvalue weighted by atomic mass is 31.2. The summed E-state index contributed by atoms with van der Waals surface area (Å²) in [5, 5.41) is 44.2. The van der Waals surface area contributed by atoms with Gasteiger partial charge in [0.25, 0.3) is 42.8 Å². The Morgan fingerprint density at radius 1 is 0.533 bits per heavy atom. The molecule has 0 aliphatic carbocycles. The van der Waals surface area contributed by atoms with Crippen molar-refractivity contribution in [2.75, 3.05) is 37.9 Å². The number of hydrogen-bond acceptors (Lipinski definition) is 35. The molecule has 7 unspecified atom stereocenters. The molecule has 15 N–H and O–H groups in total. The second kappa shape index (κ2) is 23.3. The van der Waals surface area contributed by atoms with Crippen LogP contribution in [0.2, 0.25) is 0 Å². The van der Waals surface area contributed by atoms with Crippen molar-refractivity contribution < 1.29 is 136 Å². The van der Waals surface area contributed by atoms with Crippen molar-refractivity contribution in [2.24, 2.45) is 10.7 Å². The molecule has 90 heavy (non-hydrogen) atoms. The van der Waals surface area contributed by atoms with Crippen molar-refractivity contribution >= 4 is 94.0 Å². The fourth-order valence-electron chi connectivity index (χ4n) is 11.0. The van der Waals surface area contributed by atoms with E-state index in [1.54, 1.807) is 6.92 Å². The fourth-order valence-corrected chi connectivity index (χ4v) is 14.8. The van der Waals surface area contributed by atoms with Gasteiger partial charge in [-0.3, -0.25) is 52.8 Å². The Morgan fingerprint density at radius 3 is 1.51 bits per heavy atom. The monoisotopic (exact) mass is 1350 g/mol. The highest BCUT2D eigenvalue weighted by Crippen LogP contribution is 2.52. The van der Waals surface area contributed by atoms with Gasteiger partial charge in [0.2, 0.25) is 47.4 Å². The van der Waals surface area contributed by atoms with Crippen molar-refractivity contribution in [2.45, 2.75) is 112 Å². The van der Waals surface area contributed by atoms with E-state index in [1.165, 1.54) is 45.3 Å². The van der Waals surface area contributed by atoms with E-state index in [2.05, 4.69) is 54.8 Å². The number of aromatic nitrogens is 14. The molecule has 6 fully saturated rings. The van der Waals surface area contributed by atoms with Crippen LogP contribution >= 0.6 is 31.3 Å². The van der Waals surface area contributed by atoms with Crippen LogP contribution in [-0.4, -0.2) is 182 Å². The van der Waals surface area contributed by atoms with E-state index in [1.807, 2.05) is 0 Å². The number of phosphoric acid groups is 4. The van der Waals surface area contributed by atoms with Gasteiger partial charge in [0, 0.05) is 0 Å². The zero-order valence-corrected chi connectivity index (χ0v) is 49.1. The predicted octanol–water partition coefficient (Wildman–Crippen LogP) is -8.05. The number of amidine groups is 1. The molecular formula is C42H50N18O26P4. The number of fused-ring (bicyclic) bond motifs is 10. The average Bonchev–Trinajstić information content (AvgIpc) is 2.12. The quantitative estimate of drug-likeness (QED) is 0.0575. The highest BCUT2D eigenvalue weighted by molar-refractivity contribution is 7.46. The Balaban J connectivity index is 0.000000165. The largest absolute Gasteiger partial charge is 0.756 e. The van der Waals surface area contributed by atoms with E-state index in [0.29, 0.717) is 16.9 Å². The molecule has 0 amide bonds. The number of hydrogen-bond donors (Lipinski definition) is 12. The molecule has 6 saturated heterocycles. The normalized spacial score (nSPS) is 38.4. The van der Waals surface area contributed by atoms with Crippen molar-refractivity contribution in [3.63, 3.8) is 0 Å². The van der Waals surface area contributed by atoms with Crippen LogP contribution in [0.3, 0.4) is 0 Å². The minimum absolute atomic E-state index is 0.0267. The number of ether oxygens (including phenoxy) is 4. The summed E-state index contributed by atoms with van der Waals surface area (Å²) in [4.78, 5) is 115. The Bertz CT molecular complexity index is 4260. The van der Waals surface area contributed by atoms with E-state index in [4.69, 9.17) is 72.3 Å². The summed E-state index contributed by atoms with van der Waals surface area (Å²) < 4.78 is 121. The molecule has 7 aliphatic heterocycles. The van der Waals surface area contributed by atoms with Gasteiger partial charge in [-0.1, -0.05) is 19.9 Å². The van der Waals surface area contributed by atoms with Crippen LogP contribution < -0.4 is 60.6 Å². The fraction of sp³-hybridized carbons (Fsp3) is 0.524. The molecule has 0 saturated carbocycles. The molecule has 4 bridgehead atoms. The van der Waals surface area contributed by atoms with Gasteiger partial charge in [-0.05, 0) is 6.92 Å². The summed E-state index contributed by atoms with van der Waals surface area (Å²) in [6, 6.07) is 0. The maximum atomic E-state index is 13.1. The first-order chi connectivity index (χ1) is 42.6. The van der Waals surface area contributed by atoms with Gasteiger partial charge in [0.05, 0.1) is 38.5 Å². The first-order valence-corrected chi connectivity index (χ1v) is 32.3. The van der Waals surface area contributed by atoms with Crippen LogP contribution in [0.4, 0.5) is 17.6 Å². The number of H-pyrrole nitrogens is 5. The molecule has 20 atom stereocenters. The number of aliphatic hydroxyl groups is 4. The molecule has 7 aromatic heterocycles. The number of ketones is 1. The third kappa shape index (κ3) is 11.6. The number of nitrogens with one attached hydrogen (secondary N) is 5. The minimum Gasteiger partial charge on any atom is -0.756 e. The topological polar surface area (TPSA) is 636 Å². The van der Waals surface area contributed by atoms with E-state index in [9.17, 15) is 67.8 Å². The number of Topliss-reactive ketones (excluding diaryl/α,β-unsaturated/α-hetero) is 1. The van der Waals surface area contributed by atoms with E-state index < -0.39 is 167 Å². The zero-order chi connectivity index (χ0) is 63.7. The van der Waals surface area contributed by atoms with Crippen LogP contribution in [0.25, 0.3) is 33.5 Å². The van der Waals surface area contributed by atoms with Crippen LogP contribution in [-0.2, 0) is 73.4 Å². The van der Waals surface area contributed by atoms with E-state index in [-0.39, 0.29) is 57.9 Å². The summed E-state index contributed by atoms with van der Waals surface area (Å²) in [6.07, 6.45) is -18.4. The smallest absolute Gasteiger partial charge is 0.313 e. The van der Waals surface area contributed by atoms with Crippen molar-refractivity contribution in [1.29, 1.82) is 0 Å². The van der Waals surface area contributed by atoms with Gasteiger partial charge in [0.1, 0.15) is 61.0 Å². The molecule has 14 rings (SSSR count). The zero-order valence-electron chi connectivity index (χ0n) is 45.5. The number of nitrogens with zero attached hydrogens (tertiary/aromatic N) is 10. The van der Waals surface area contributed by atoms with Crippen molar-refractivity contribution in [1.82, 2.24) is 49.8 Å². The molecule has 484 valence electrons. The van der Waals surface area contributed by atoms with Gasteiger partial charge < -0.3 is 112 Å². The molecule has 0 radical (unpaired) electrons. The van der Waals surface area contributed by atoms with Gasteiger partial charge in [-0.25, -0.2) is 23.3 Å². The summed E-state index contributed by atoms with van der Waals surface area (Å²) >= 11 is 0. The number of phosphoric ester groups is 4. The summed E-state index contributed by atoms with van der Waals surface area (Å²) in [5.74, 6) is -0.675. The first kappa shape index (κ1) is 62.3. The number of rotatable bonds is 4. The molecule has 0 spiro atoms. The Hall–Kier alpha value is -6.48. The number of carbonyl (C=O) groups is 1. The van der Waals surface area contributed by atoms with Crippen molar-refractivity contribution in [3.05, 3.63) is 59.7 Å². The highest BCUT2D eigenvalue weighted by Gasteiger charge is 2.56. The molecule has 0 aromatic carbocycles. The molecule has 14 heterocycles. The van der Waals surface area contributed by atoms with Crippen LogP contribution in [0.5, 0.6) is 0 Å². The molecule has 44 nitrogen and oxygen atoms in total. The third-order valence-electron chi connectivity index (χ3n) is 15.2. The van der Waals surface area contributed by atoms with E-state index >= 15 is 0 Å². The minimum atomic E-state index is -5.36. The first-order valence-electron chi connectivity index (χ1n) is 26.5. The lowest BCUT2D eigenvalue weighted by molar-refractivity contribution is -0.753. The number of aromatic amines is 5. The van der Waals surface area contributed by atoms with Crippen LogP contribution in [0.15, 0.2) is 47.8 Å². The van der Waals surface area contributed by atoms with E-state index in [0.717, 1.165) is 10.9 Å². The van der Waals surface area contributed by atoms with Gasteiger partial charge in [-0.15, -0.1) is 0 Å². The molecule has 7 aliphatic rings. The lowest BCUT2D eigenvalue weighted by Crippen LogP contribution is -2.47. The van der Waals surface area contributed by atoms with Crippen LogP contribution in [0, 0.1) is 6.92 Å². The van der Waals surface area contributed by atoms with Gasteiger partial charge in [0.15, 0.2) is 67.3 Å². The number of aliphatic imine (C=N–C) groups is 1. The SMILES string of the molecule is Cc1ncnc2c1[nH]c[n+]2[C@@H]1O[C@@H]2COP(=O)([O-])O[C@@H]3[C@H](O)[C@@H](COP(=O)([O-])OC2[C@H]1O)O[C@H]3[n+]1c[nH]c2c1N=C(N)CC2=O.Nc1nc2c([nH]c[n+]2[C@@H]2O[C@@H]3COP(=O)([O-])OC4[C@@H](COP(=O)([O-])O[C@H]2C3O)O[C@@H]([n+]2c[nH]c3c(N)ncnc32)[C@H]4O)c(=O)[nH]1. The molecule has 7 aromatic rings. The number of imidazole rings is 4. The lowest BCUT2D eigenvalue weighted by atomic mass is 10.1. The third-order valence-corrected chi connectivity index (χ3v) is 19.1. The van der Waals surface area contributed by atoms with Crippen molar-refractivity contribution in [3.8, 4) is 0 Å². The Morgan fingerprint density at radius 2 is 0.967 bits per heavy atom. The summed E-state index contributed by atoms with van der Waals surface area (Å²) in [5.41, 5.74) is 18.3. The second-order valence-electron chi connectivity index (χ2n) is 20.9. The van der Waals surface area contributed by atoms with Gasteiger partial charge >= 0.3 is 22.8 Å². The Kier molecular flexibility index (Phi) is 16.1. The summed E-state index contributed by atoms with van der Waals surface area (Å²) in [7, 11) is -21.3. The standard InChI is InChI=1S/C22H26N8O13P2.C20H24N10O13P2/c1-8-13-19(25-5-24-8)29(6-26-13)21-16(33)17-11(41-21)4-39-45(36,37)43-18-15(32)10(3-38-44(34,35)42-17)40-22(18)30-7-27-14-9(31)2-12(23)28-20(14)30;21-14-8-15(24-3-23-14)29(4-25-8)18-11(32)12-7(41-18)2-39-45(36,37)43-13-10(31)6(1-38-44(34,35)42-12)40-19(13)30-5-26-9-16(30)27-20(22)28-17(9)33/h5-7,10-11,15-18,21-22,32-33H,2-4H2,1H3,(H4,23,28,31,34,35,36,37);3-7,10-13,18-19,31-32H,1-2H2,(H7,21,22,23,24,27,28,33,34,35,36,37)/t10-,11-,15-,16-,17?,18-,21-,22-;6-,7-,10?,11+,12?,13+,18-,19-/m11/s1. The number of aryl methyl sites for hydroxylation is 1. The number of nitrogens with two attached hydrogens (primary N) is 3. The number of aliphatic hydroxyl groups excluding tert-OH is 4. The Labute approximate surface area is 498 Å². The second-order valence-corrected chi connectivity index (χ2v) is 26.3.